The average Bonchev–Trinajstić information content (AvgIpc) is 2.08. The van der Waals surface area contributed by atoms with Crippen molar-refractivity contribution in [1.29, 1.82) is 0 Å². The summed E-state index contributed by atoms with van der Waals surface area (Å²) >= 11 is 1.27. The summed E-state index contributed by atoms with van der Waals surface area (Å²) in [7, 11) is 1.39. The van der Waals surface area contributed by atoms with Crippen molar-refractivity contribution < 1.29 is 14.2 Å². The quantitative estimate of drug-likeness (QED) is 0.722. The standard InChI is InChI=1S/C8H9FO2S/c1-11-6-3-5(9)4-7(12-2)8(6)10/h3-4,10H,1-2H3. The smallest absolute Gasteiger partial charge is 0.171 e. The summed E-state index contributed by atoms with van der Waals surface area (Å²) in [5, 5.41) is 9.40. The van der Waals surface area contributed by atoms with Crippen LogP contribution in [0.4, 0.5) is 4.39 Å². The van der Waals surface area contributed by atoms with E-state index in [-0.39, 0.29) is 11.5 Å². The summed E-state index contributed by atoms with van der Waals surface area (Å²) in [6.45, 7) is 0. The highest BCUT2D eigenvalue weighted by Crippen LogP contribution is 2.36. The molecule has 0 amide bonds. The predicted octanol–water partition coefficient (Wildman–Crippen LogP) is 2.26. The molecular formula is C8H9FO2S. The van der Waals surface area contributed by atoms with Crippen LogP contribution in [0.15, 0.2) is 17.0 Å². The van der Waals surface area contributed by atoms with E-state index in [1.165, 1.54) is 24.9 Å². The number of hydrogen-bond donors (Lipinski definition) is 1. The van der Waals surface area contributed by atoms with E-state index < -0.39 is 5.82 Å². The second-order valence-electron chi connectivity index (χ2n) is 2.16. The van der Waals surface area contributed by atoms with Gasteiger partial charge in [0.15, 0.2) is 11.5 Å². The minimum Gasteiger partial charge on any atom is -0.503 e. The number of rotatable bonds is 2. The van der Waals surface area contributed by atoms with Crippen LogP contribution in [0.3, 0.4) is 0 Å². The first-order valence-corrected chi connectivity index (χ1v) is 4.52. The Morgan fingerprint density at radius 3 is 2.67 bits per heavy atom. The Kier molecular flexibility index (Phi) is 2.81. The zero-order valence-electron chi connectivity index (χ0n) is 6.80. The van der Waals surface area contributed by atoms with Gasteiger partial charge in [-0.05, 0) is 12.3 Å². The van der Waals surface area contributed by atoms with Gasteiger partial charge < -0.3 is 9.84 Å². The lowest BCUT2D eigenvalue weighted by molar-refractivity contribution is 0.364. The van der Waals surface area contributed by atoms with E-state index >= 15 is 0 Å². The maximum absolute atomic E-state index is 12.8. The molecule has 0 unspecified atom stereocenters. The van der Waals surface area contributed by atoms with Crippen LogP contribution in [0, 0.1) is 5.82 Å². The van der Waals surface area contributed by atoms with E-state index in [0.717, 1.165) is 6.07 Å². The lowest BCUT2D eigenvalue weighted by atomic mass is 10.3. The van der Waals surface area contributed by atoms with Gasteiger partial charge in [-0.2, -0.15) is 0 Å². The maximum Gasteiger partial charge on any atom is 0.171 e. The molecule has 12 heavy (non-hydrogen) atoms. The van der Waals surface area contributed by atoms with Crippen LogP contribution < -0.4 is 4.74 Å². The maximum atomic E-state index is 12.8. The first-order valence-electron chi connectivity index (χ1n) is 3.29. The number of thioether (sulfide) groups is 1. The Hall–Kier alpha value is -0.900. The van der Waals surface area contributed by atoms with Crippen molar-refractivity contribution in [3.8, 4) is 11.5 Å². The first-order chi connectivity index (χ1) is 5.69. The van der Waals surface area contributed by atoms with Crippen LogP contribution in [0.25, 0.3) is 0 Å². The van der Waals surface area contributed by atoms with Crippen molar-refractivity contribution >= 4 is 11.8 Å². The Bertz CT molecular complexity index is 263. The van der Waals surface area contributed by atoms with E-state index in [2.05, 4.69) is 0 Å². The van der Waals surface area contributed by atoms with Crippen molar-refractivity contribution in [3.05, 3.63) is 17.9 Å². The molecule has 0 saturated carbocycles. The number of ether oxygens (including phenoxy) is 1. The fraction of sp³-hybridized carbons (Fsp3) is 0.250. The van der Waals surface area contributed by atoms with Crippen molar-refractivity contribution in [1.82, 2.24) is 0 Å². The number of hydrogen-bond acceptors (Lipinski definition) is 3. The van der Waals surface area contributed by atoms with Gasteiger partial charge in [0.05, 0.1) is 12.0 Å². The number of phenolic OH excluding ortho intramolecular Hbond substituents is 1. The summed E-state index contributed by atoms with van der Waals surface area (Å²) in [5.74, 6) is -0.250. The topological polar surface area (TPSA) is 29.5 Å². The van der Waals surface area contributed by atoms with Crippen LogP contribution in [0.2, 0.25) is 0 Å². The van der Waals surface area contributed by atoms with Gasteiger partial charge in [-0.15, -0.1) is 11.8 Å². The third-order valence-electron chi connectivity index (χ3n) is 1.44. The normalized spacial score (nSPS) is 9.92. The molecule has 2 nitrogen and oxygen atoms in total. The minimum atomic E-state index is -0.408. The molecule has 0 aromatic heterocycles. The molecule has 0 saturated heterocycles. The van der Waals surface area contributed by atoms with Gasteiger partial charge in [-0.25, -0.2) is 4.39 Å². The van der Waals surface area contributed by atoms with E-state index in [1.807, 2.05) is 0 Å². The predicted molar refractivity (Wildman–Crippen MR) is 46.4 cm³/mol. The summed E-state index contributed by atoms with van der Waals surface area (Å²) in [6, 6.07) is 2.41. The summed E-state index contributed by atoms with van der Waals surface area (Å²) in [5.41, 5.74) is 0. The Morgan fingerprint density at radius 2 is 2.17 bits per heavy atom. The Labute approximate surface area is 74.4 Å². The van der Waals surface area contributed by atoms with Crippen LogP contribution in [-0.2, 0) is 0 Å². The molecule has 0 aliphatic rings. The van der Waals surface area contributed by atoms with Crippen LogP contribution >= 0.6 is 11.8 Å². The van der Waals surface area contributed by atoms with Gasteiger partial charge in [-0.3, -0.25) is 0 Å². The number of aromatic hydroxyl groups is 1. The number of benzene rings is 1. The largest absolute Gasteiger partial charge is 0.503 e. The van der Waals surface area contributed by atoms with E-state index in [1.54, 1.807) is 6.26 Å². The van der Waals surface area contributed by atoms with Gasteiger partial charge in [0.25, 0.3) is 0 Å². The van der Waals surface area contributed by atoms with Crippen molar-refractivity contribution in [2.45, 2.75) is 4.90 Å². The van der Waals surface area contributed by atoms with Gasteiger partial charge in [0.1, 0.15) is 5.82 Å². The molecule has 1 N–H and O–H groups in total. The molecule has 1 aromatic carbocycles. The average molecular weight is 188 g/mol. The lowest BCUT2D eigenvalue weighted by Gasteiger charge is -2.06. The zero-order valence-corrected chi connectivity index (χ0v) is 7.61. The van der Waals surface area contributed by atoms with Crippen LogP contribution in [0.5, 0.6) is 11.5 Å². The highest BCUT2D eigenvalue weighted by Gasteiger charge is 2.08. The summed E-state index contributed by atoms with van der Waals surface area (Å²) in [4.78, 5) is 0.479. The molecule has 0 bridgehead atoms. The molecule has 0 aliphatic carbocycles. The minimum absolute atomic E-state index is 0.00796. The van der Waals surface area contributed by atoms with Crippen molar-refractivity contribution in [2.24, 2.45) is 0 Å². The Balaban J connectivity index is 3.22. The second-order valence-corrected chi connectivity index (χ2v) is 3.01. The molecule has 0 aliphatic heterocycles. The highest BCUT2D eigenvalue weighted by molar-refractivity contribution is 7.98. The van der Waals surface area contributed by atoms with Crippen molar-refractivity contribution in [2.75, 3.05) is 13.4 Å². The molecule has 1 aromatic rings. The monoisotopic (exact) mass is 188 g/mol. The third-order valence-corrected chi connectivity index (χ3v) is 2.20. The first kappa shape index (κ1) is 9.19. The third kappa shape index (κ3) is 1.64. The fourth-order valence-corrected chi connectivity index (χ4v) is 1.39. The second kappa shape index (κ2) is 3.67. The van der Waals surface area contributed by atoms with Gasteiger partial charge in [0, 0.05) is 6.07 Å². The van der Waals surface area contributed by atoms with E-state index in [9.17, 15) is 9.50 Å². The van der Waals surface area contributed by atoms with Gasteiger partial charge in [-0.1, -0.05) is 0 Å². The number of methoxy groups -OCH3 is 1. The molecule has 1 rings (SSSR count). The van der Waals surface area contributed by atoms with E-state index in [4.69, 9.17) is 4.74 Å². The van der Waals surface area contributed by atoms with Crippen LogP contribution in [0.1, 0.15) is 0 Å². The molecule has 0 heterocycles. The molecule has 0 atom stereocenters. The van der Waals surface area contributed by atoms with Gasteiger partial charge in [0.2, 0.25) is 0 Å². The number of phenols is 1. The molecule has 0 spiro atoms. The van der Waals surface area contributed by atoms with E-state index in [0.29, 0.717) is 4.90 Å². The molecule has 0 fully saturated rings. The fourth-order valence-electron chi connectivity index (χ4n) is 0.861. The van der Waals surface area contributed by atoms with Crippen molar-refractivity contribution in [3.63, 3.8) is 0 Å². The summed E-state index contributed by atoms with van der Waals surface area (Å²) in [6.07, 6.45) is 1.76. The SMILES string of the molecule is COc1cc(F)cc(SC)c1O. The van der Waals surface area contributed by atoms with Crippen LogP contribution in [-0.4, -0.2) is 18.5 Å². The van der Waals surface area contributed by atoms with Gasteiger partial charge >= 0.3 is 0 Å². The molecule has 66 valence electrons. The number of halogens is 1. The highest BCUT2D eigenvalue weighted by atomic mass is 32.2. The molecular weight excluding hydrogens is 179 g/mol. The lowest BCUT2D eigenvalue weighted by Crippen LogP contribution is -1.87. The zero-order chi connectivity index (χ0) is 9.14. The Morgan fingerprint density at radius 1 is 1.50 bits per heavy atom. The summed E-state index contributed by atoms with van der Waals surface area (Å²) < 4.78 is 17.5. The molecule has 4 heteroatoms. The molecule has 0 radical (unpaired) electrons.